The minimum absolute atomic E-state index is 0.0128. The molecular formula is C19H15F2N3O3. The van der Waals surface area contributed by atoms with Crippen LogP contribution in [0, 0.1) is 11.6 Å². The first-order valence-electron chi connectivity index (χ1n) is 7.99. The topological polar surface area (TPSA) is 73.3 Å². The summed E-state index contributed by atoms with van der Waals surface area (Å²) in [7, 11) is 0. The summed E-state index contributed by atoms with van der Waals surface area (Å²) in [5.74, 6) is -1.65. The molecule has 1 aromatic heterocycles. The van der Waals surface area contributed by atoms with Crippen LogP contribution in [0.25, 0.3) is 0 Å². The van der Waals surface area contributed by atoms with Gasteiger partial charge in [0.05, 0.1) is 18.1 Å². The van der Waals surface area contributed by atoms with Crippen molar-refractivity contribution in [2.45, 2.75) is 13.0 Å². The molecule has 0 spiro atoms. The van der Waals surface area contributed by atoms with Crippen molar-refractivity contribution in [3.8, 4) is 17.5 Å². The zero-order chi connectivity index (χ0) is 19.2. The van der Waals surface area contributed by atoms with Gasteiger partial charge in [-0.05, 0) is 31.2 Å². The Bertz CT molecular complexity index is 935. The number of aromatic nitrogens is 2. The maximum Gasteiger partial charge on any atom is 0.322 e. The van der Waals surface area contributed by atoms with Crippen LogP contribution >= 0.6 is 0 Å². The lowest BCUT2D eigenvalue weighted by Crippen LogP contribution is -2.30. The third-order valence-corrected chi connectivity index (χ3v) is 3.44. The molecule has 1 N–H and O–H groups in total. The van der Waals surface area contributed by atoms with Crippen molar-refractivity contribution in [1.82, 2.24) is 9.97 Å². The molecule has 2 aromatic carbocycles. The normalized spacial score (nSPS) is 11.5. The van der Waals surface area contributed by atoms with E-state index < -0.39 is 23.6 Å². The van der Waals surface area contributed by atoms with Gasteiger partial charge < -0.3 is 14.8 Å². The molecule has 0 aliphatic heterocycles. The standard InChI is InChI=1S/C19H15F2N3O3/c1-12(26-16-8-4-2-6-14(16)20)18(25)24-13-10-22-19(23-11-13)27-17-9-5-3-7-15(17)21/h2-12H,1H3,(H,24,25). The first-order valence-corrected chi connectivity index (χ1v) is 7.99. The SMILES string of the molecule is CC(Oc1ccccc1F)C(=O)Nc1cnc(Oc2ccccc2F)nc1. The number of nitrogens with zero attached hydrogens (tertiary/aromatic N) is 2. The number of para-hydroxylation sites is 2. The first kappa shape index (κ1) is 18.2. The van der Waals surface area contributed by atoms with E-state index in [1.54, 1.807) is 12.1 Å². The van der Waals surface area contributed by atoms with Gasteiger partial charge in [0.2, 0.25) is 0 Å². The lowest BCUT2D eigenvalue weighted by atomic mass is 10.3. The molecule has 8 heteroatoms. The monoisotopic (exact) mass is 371 g/mol. The highest BCUT2D eigenvalue weighted by Gasteiger charge is 2.17. The molecule has 0 aliphatic rings. The highest BCUT2D eigenvalue weighted by atomic mass is 19.1. The van der Waals surface area contributed by atoms with Crippen LogP contribution in [-0.4, -0.2) is 22.0 Å². The number of hydrogen-bond donors (Lipinski definition) is 1. The number of halogens is 2. The number of anilines is 1. The number of rotatable bonds is 6. The Morgan fingerprint density at radius 3 is 2.11 bits per heavy atom. The Balaban J connectivity index is 1.60. The average Bonchev–Trinajstić information content (AvgIpc) is 2.67. The van der Waals surface area contributed by atoms with E-state index in [1.807, 2.05) is 0 Å². The number of carbonyl (C=O) groups excluding carboxylic acids is 1. The van der Waals surface area contributed by atoms with Crippen LogP contribution in [0.1, 0.15) is 6.92 Å². The summed E-state index contributed by atoms with van der Waals surface area (Å²) in [6.07, 6.45) is 1.66. The van der Waals surface area contributed by atoms with Crippen LogP contribution < -0.4 is 14.8 Å². The van der Waals surface area contributed by atoms with E-state index in [-0.39, 0.29) is 23.2 Å². The molecule has 0 fully saturated rings. The number of nitrogens with one attached hydrogen (secondary N) is 1. The van der Waals surface area contributed by atoms with Crippen molar-refractivity contribution in [2.24, 2.45) is 0 Å². The quantitative estimate of drug-likeness (QED) is 0.710. The van der Waals surface area contributed by atoms with Crippen LogP contribution in [-0.2, 0) is 4.79 Å². The Hall–Kier alpha value is -3.55. The van der Waals surface area contributed by atoms with Gasteiger partial charge in [0.25, 0.3) is 5.91 Å². The predicted molar refractivity (Wildman–Crippen MR) is 93.6 cm³/mol. The van der Waals surface area contributed by atoms with E-state index in [4.69, 9.17) is 9.47 Å². The van der Waals surface area contributed by atoms with Gasteiger partial charge in [0, 0.05) is 0 Å². The van der Waals surface area contributed by atoms with Crippen LogP contribution in [0.5, 0.6) is 17.5 Å². The largest absolute Gasteiger partial charge is 0.478 e. The zero-order valence-corrected chi connectivity index (χ0v) is 14.2. The highest BCUT2D eigenvalue weighted by Crippen LogP contribution is 2.21. The fourth-order valence-corrected chi connectivity index (χ4v) is 2.09. The number of benzene rings is 2. The Morgan fingerprint density at radius 1 is 0.963 bits per heavy atom. The summed E-state index contributed by atoms with van der Waals surface area (Å²) >= 11 is 0. The predicted octanol–water partition coefficient (Wildman–Crippen LogP) is 3.95. The number of hydrogen-bond acceptors (Lipinski definition) is 5. The second kappa shape index (κ2) is 8.22. The minimum Gasteiger partial charge on any atom is -0.478 e. The van der Waals surface area contributed by atoms with Crippen molar-refractivity contribution >= 4 is 11.6 Å². The van der Waals surface area contributed by atoms with Crippen LogP contribution in [0.2, 0.25) is 0 Å². The molecule has 6 nitrogen and oxygen atoms in total. The van der Waals surface area contributed by atoms with Gasteiger partial charge in [0.1, 0.15) is 0 Å². The first-order chi connectivity index (χ1) is 13.0. The van der Waals surface area contributed by atoms with E-state index >= 15 is 0 Å². The summed E-state index contributed by atoms with van der Waals surface area (Å²) in [6.45, 7) is 1.48. The van der Waals surface area contributed by atoms with Gasteiger partial charge in [-0.25, -0.2) is 18.7 Å². The van der Waals surface area contributed by atoms with Gasteiger partial charge >= 0.3 is 6.01 Å². The van der Waals surface area contributed by atoms with Gasteiger partial charge in [-0.2, -0.15) is 0 Å². The minimum atomic E-state index is -0.948. The molecule has 1 unspecified atom stereocenters. The van der Waals surface area contributed by atoms with E-state index in [2.05, 4.69) is 15.3 Å². The summed E-state index contributed by atoms with van der Waals surface area (Å²) in [5, 5.41) is 2.54. The lowest BCUT2D eigenvalue weighted by Gasteiger charge is -2.15. The molecular weight excluding hydrogens is 356 g/mol. The fourth-order valence-electron chi connectivity index (χ4n) is 2.09. The second-order valence-electron chi connectivity index (χ2n) is 5.47. The maximum absolute atomic E-state index is 13.6. The van der Waals surface area contributed by atoms with Gasteiger partial charge in [-0.15, -0.1) is 0 Å². The highest BCUT2D eigenvalue weighted by molar-refractivity contribution is 5.93. The molecule has 0 aliphatic carbocycles. The Kier molecular flexibility index (Phi) is 5.55. The van der Waals surface area contributed by atoms with Crippen molar-refractivity contribution in [2.75, 3.05) is 5.32 Å². The molecule has 138 valence electrons. The van der Waals surface area contributed by atoms with Crippen LogP contribution in [0.15, 0.2) is 60.9 Å². The Labute approximate surface area is 153 Å². The Morgan fingerprint density at radius 2 is 1.52 bits per heavy atom. The number of carbonyl (C=O) groups is 1. The fraction of sp³-hybridized carbons (Fsp3) is 0.105. The molecule has 0 bridgehead atoms. The molecule has 27 heavy (non-hydrogen) atoms. The molecule has 3 rings (SSSR count). The molecule has 1 amide bonds. The van der Waals surface area contributed by atoms with Gasteiger partial charge in [-0.3, -0.25) is 4.79 Å². The average molecular weight is 371 g/mol. The smallest absolute Gasteiger partial charge is 0.322 e. The van der Waals surface area contributed by atoms with Crippen molar-refractivity contribution in [3.63, 3.8) is 0 Å². The maximum atomic E-state index is 13.6. The lowest BCUT2D eigenvalue weighted by molar-refractivity contribution is -0.122. The van der Waals surface area contributed by atoms with Crippen molar-refractivity contribution in [1.29, 1.82) is 0 Å². The van der Waals surface area contributed by atoms with Crippen molar-refractivity contribution < 1.29 is 23.0 Å². The van der Waals surface area contributed by atoms with E-state index in [9.17, 15) is 13.6 Å². The molecule has 1 atom stereocenters. The summed E-state index contributed by atoms with van der Waals surface area (Å²) in [6, 6.07) is 11.6. The van der Waals surface area contributed by atoms with Crippen LogP contribution in [0.3, 0.4) is 0 Å². The molecule has 0 saturated carbocycles. The third kappa shape index (κ3) is 4.75. The van der Waals surface area contributed by atoms with E-state index in [1.165, 1.54) is 55.7 Å². The summed E-state index contributed by atoms with van der Waals surface area (Å²) in [4.78, 5) is 20.0. The van der Waals surface area contributed by atoms with Crippen molar-refractivity contribution in [3.05, 3.63) is 72.6 Å². The summed E-state index contributed by atoms with van der Waals surface area (Å²) < 4.78 is 37.7. The van der Waals surface area contributed by atoms with E-state index in [0.717, 1.165) is 0 Å². The second-order valence-corrected chi connectivity index (χ2v) is 5.47. The van der Waals surface area contributed by atoms with Gasteiger partial charge in [-0.1, -0.05) is 24.3 Å². The summed E-state index contributed by atoms with van der Waals surface area (Å²) in [5.41, 5.74) is 0.282. The number of amides is 1. The van der Waals surface area contributed by atoms with Crippen LogP contribution in [0.4, 0.5) is 14.5 Å². The zero-order valence-electron chi connectivity index (χ0n) is 14.2. The molecule has 0 saturated heterocycles. The molecule has 1 heterocycles. The molecule has 3 aromatic rings. The third-order valence-electron chi connectivity index (χ3n) is 3.44. The number of ether oxygens (including phenoxy) is 2. The van der Waals surface area contributed by atoms with E-state index in [0.29, 0.717) is 0 Å². The van der Waals surface area contributed by atoms with Gasteiger partial charge in [0.15, 0.2) is 29.2 Å². The molecule has 0 radical (unpaired) electrons.